The Bertz CT molecular complexity index is 1290. The molecule has 1 N–H and O–H groups in total. The topological polar surface area (TPSA) is 86.8 Å². The summed E-state index contributed by atoms with van der Waals surface area (Å²) < 4.78 is 29.2. The average Bonchev–Trinajstić information content (AvgIpc) is 2.91. The number of para-hydroxylation sites is 1. The highest BCUT2D eigenvalue weighted by Crippen LogP contribution is 2.24. The molecule has 0 radical (unpaired) electrons. The van der Waals surface area contributed by atoms with E-state index >= 15 is 0 Å². The fourth-order valence-corrected chi connectivity index (χ4v) is 5.68. The molecule has 37 heavy (non-hydrogen) atoms. The fourth-order valence-electron chi connectivity index (χ4n) is 3.79. The maximum absolute atomic E-state index is 13.8. The summed E-state index contributed by atoms with van der Waals surface area (Å²) in [4.78, 5) is 28.3. The van der Waals surface area contributed by atoms with Gasteiger partial charge in [0.25, 0.3) is 10.0 Å². The van der Waals surface area contributed by atoms with Gasteiger partial charge < -0.3 is 10.2 Å². The molecular formula is C28H32BrN3O4S. The van der Waals surface area contributed by atoms with Crippen LogP contribution in [0.25, 0.3) is 0 Å². The minimum atomic E-state index is -4.05. The number of unbranched alkanes of at least 4 members (excludes halogenated alkanes) is 1. The van der Waals surface area contributed by atoms with Gasteiger partial charge in [0.2, 0.25) is 11.8 Å². The standard InChI is InChI=1S/C28H32BrN3O4S/c1-3-4-18-30-28(34)22(2)31(20-23-12-11-13-24(29)19-23)27(33)21-32(25-14-7-5-8-15-25)37(35,36)26-16-9-6-10-17-26/h5-17,19,22H,3-4,18,20-21H2,1-2H3,(H,30,34). The molecule has 0 aliphatic carbocycles. The van der Waals surface area contributed by atoms with Gasteiger partial charge in [0.15, 0.2) is 0 Å². The molecule has 9 heteroatoms. The SMILES string of the molecule is CCCCNC(=O)C(C)N(Cc1cccc(Br)c1)C(=O)CN(c1ccccc1)S(=O)(=O)c1ccccc1. The Labute approximate surface area is 227 Å². The molecule has 0 bridgehead atoms. The van der Waals surface area contributed by atoms with E-state index in [1.54, 1.807) is 55.5 Å². The van der Waals surface area contributed by atoms with Crippen molar-refractivity contribution < 1.29 is 18.0 Å². The van der Waals surface area contributed by atoms with Gasteiger partial charge >= 0.3 is 0 Å². The third-order valence-corrected chi connectivity index (χ3v) is 8.17. The molecule has 0 saturated heterocycles. The summed E-state index contributed by atoms with van der Waals surface area (Å²) in [6, 6.07) is 23.2. The van der Waals surface area contributed by atoms with Gasteiger partial charge in [-0.05, 0) is 55.3 Å². The van der Waals surface area contributed by atoms with Gasteiger partial charge in [-0.2, -0.15) is 0 Å². The molecule has 7 nitrogen and oxygen atoms in total. The number of hydrogen-bond donors (Lipinski definition) is 1. The van der Waals surface area contributed by atoms with Crippen LogP contribution in [0.4, 0.5) is 5.69 Å². The minimum absolute atomic E-state index is 0.0792. The van der Waals surface area contributed by atoms with E-state index in [1.807, 2.05) is 31.2 Å². The third kappa shape index (κ3) is 7.66. The Balaban J connectivity index is 1.96. The Kier molecular flexibility index (Phi) is 10.3. The van der Waals surface area contributed by atoms with Gasteiger partial charge in [-0.15, -0.1) is 0 Å². The lowest BCUT2D eigenvalue weighted by Gasteiger charge is -2.32. The van der Waals surface area contributed by atoms with Crippen molar-refractivity contribution in [2.45, 2.75) is 44.2 Å². The Morgan fingerprint density at radius 2 is 1.59 bits per heavy atom. The lowest BCUT2D eigenvalue weighted by Crippen LogP contribution is -2.51. The Hall–Kier alpha value is -3.17. The van der Waals surface area contributed by atoms with E-state index in [4.69, 9.17) is 0 Å². The quantitative estimate of drug-likeness (QED) is 0.304. The zero-order valence-corrected chi connectivity index (χ0v) is 23.4. The molecule has 0 heterocycles. The van der Waals surface area contributed by atoms with Crippen LogP contribution in [0, 0.1) is 0 Å². The van der Waals surface area contributed by atoms with Crippen LogP contribution in [-0.4, -0.2) is 44.3 Å². The zero-order valence-electron chi connectivity index (χ0n) is 21.0. The first-order valence-electron chi connectivity index (χ1n) is 12.2. The smallest absolute Gasteiger partial charge is 0.264 e. The fraction of sp³-hybridized carbons (Fsp3) is 0.286. The molecule has 3 aromatic rings. The second kappa shape index (κ2) is 13.4. The van der Waals surface area contributed by atoms with Gasteiger partial charge in [0.1, 0.15) is 12.6 Å². The van der Waals surface area contributed by atoms with Gasteiger partial charge in [-0.25, -0.2) is 8.42 Å². The monoisotopic (exact) mass is 585 g/mol. The number of nitrogens with zero attached hydrogens (tertiary/aromatic N) is 2. The van der Waals surface area contributed by atoms with Gasteiger partial charge in [0, 0.05) is 17.6 Å². The van der Waals surface area contributed by atoms with Crippen LogP contribution in [0.2, 0.25) is 0 Å². The van der Waals surface area contributed by atoms with Gasteiger partial charge in [-0.1, -0.05) is 77.8 Å². The molecule has 3 aromatic carbocycles. The molecule has 0 saturated carbocycles. The maximum atomic E-state index is 13.8. The number of carbonyl (C=O) groups is 2. The Morgan fingerprint density at radius 1 is 0.946 bits per heavy atom. The molecule has 1 atom stereocenters. The third-order valence-electron chi connectivity index (χ3n) is 5.89. The number of amides is 2. The molecular weight excluding hydrogens is 554 g/mol. The van der Waals surface area contributed by atoms with E-state index < -0.39 is 28.5 Å². The number of sulfonamides is 1. The van der Waals surface area contributed by atoms with Crippen LogP contribution in [-0.2, 0) is 26.2 Å². The van der Waals surface area contributed by atoms with Crippen LogP contribution in [0.15, 0.2) is 94.3 Å². The average molecular weight is 587 g/mol. The number of carbonyl (C=O) groups excluding carboxylic acids is 2. The summed E-state index contributed by atoms with van der Waals surface area (Å²) >= 11 is 3.45. The van der Waals surface area contributed by atoms with Crippen LogP contribution >= 0.6 is 15.9 Å². The highest BCUT2D eigenvalue weighted by atomic mass is 79.9. The van der Waals surface area contributed by atoms with Crippen LogP contribution in [0.5, 0.6) is 0 Å². The first-order chi connectivity index (χ1) is 17.7. The van der Waals surface area contributed by atoms with Crippen molar-refractivity contribution in [2.75, 3.05) is 17.4 Å². The molecule has 2 amide bonds. The van der Waals surface area contributed by atoms with E-state index in [0.717, 1.165) is 27.2 Å². The molecule has 0 aliphatic heterocycles. The number of halogens is 1. The molecule has 0 aromatic heterocycles. The summed E-state index contributed by atoms with van der Waals surface area (Å²) in [6.07, 6.45) is 1.76. The lowest BCUT2D eigenvalue weighted by atomic mass is 10.1. The van der Waals surface area contributed by atoms with Crippen LogP contribution in [0.3, 0.4) is 0 Å². The summed E-state index contributed by atoms with van der Waals surface area (Å²) in [5.74, 6) is -0.768. The van der Waals surface area contributed by atoms with Gasteiger partial charge in [-0.3, -0.25) is 13.9 Å². The minimum Gasteiger partial charge on any atom is -0.354 e. The summed E-state index contributed by atoms with van der Waals surface area (Å²) in [7, 11) is -4.05. The zero-order chi connectivity index (χ0) is 26.8. The highest BCUT2D eigenvalue weighted by Gasteiger charge is 2.32. The number of hydrogen-bond acceptors (Lipinski definition) is 4. The number of anilines is 1. The van der Waals surface area contributed by atoms with Gasteiger partial charge in [0.05, 0.1) is 10.6 Å². The van der Waals surface area contributed by atoms with E-state index in [2.05, 4.69) is 21.2 Å². The number of benzene rings is 3. The lowest BCUT2D eigenvalue weighted by molar-refractivity contribution is -0.139. The first kappa shape index (κ1) is 28.4. The van der Waals surface area contributed by atoms with E-state index in [0.29, 0.717) is 12.2 Å². The van der Waals surface area contributed by atoms with Crippen molar-refractivity contribution in [3.63, 3.8) is 0 Å². The van der Waals surface area contributed by atoms with E-state index in [1.165, 1.54) is 17.0 Å². The van der Waals surface area contributed by atoms with E-state index in [-0.39, 0.29) is 17.3 Å². The van der Waals surface area contributed by atoms with Crippen molar-refractivity contribution in [3.05, 3.63) is 95.0 Å². The summed E-state index contributed by atoms with van der Waals surface area (Å²) in [5, 5.41) is 2.88. The van der Waals surface area contributed by atoms with Crippen molar-refractivity contribution in [1.29, 1.82) is 0 Å². The molecule has 0 spiro atoms. The second-order valence-corrected chi connectivity index (χ2v) is 11.4. The van der Waals surface area contributed by atoms with Crippen LogP contribution < -0.4 is 9.62 Å². The summed E-state index contributed by atoms with van der Waals surface area (Å²) in [5.41, 5.74) is 1.18. The molecule has 1 unspecified atom stereocenters. The van der Waals surface area contributed by atoms with Crippen LogP contribution in [0.1, 0.15) is 32.3 Å². The molecule has 3 rings (SSSR count). The normalized spacial score (nSPS) is 12.0. The maximum Gasteiger partial charge on any atom is 0.264 e. The van der Waals surface area contributed by atoms with Crippen molar-refractivity contribution >= 4 is 43.5 Å². The second-order valence-electron chi connectivity index (χ2n) is 8.63. The predicted octanol–water partition coefficient (Wildman–Crippen LogP) is 4.98. The molecule has 0 aliphatic rings. The largest absolute Gasteiger partial charge is 0.354 e. The van der Waals surface area contributed by atoms with Crippen molar-refractivity contribution in [1.82, 2.24) is 10.2 Å². The predicted molar refractivity (Wildman–Crippen MR) is 149 cm³/mol. The van der Waals surface area contributed by atoms with Crippen molar-refractivity contribution in [3.8, 4) is 0 Å². The highest BCUT2D eigenvalue weighted by molar-refractivity contribution is 9.10. The number of rotatable bonds is 12. The van der Waals surface area contributed by atoms with E-state index in [9.17, 15) is 18.0 Å². The van der Waals surface area contributed by atoms with Crippen molar-refractivity contribution in [2.24, 2.45) is 0 Å². The molecule has 0 fully saturated rings. The number of nitrogens with one attached hydrogen (secondary N) is 1. The first-order valence-corrected chi connectivity index (χ1v) is 14.4. The summed E-state index contributed by atoms with van der Waals surface area (Å²) in [6.45, 7) is 3.90. The Morgan fingerprint density at radius 3 is 2.22 bits per heavy atom. The molecule has 196 valence electrons.